The maximum absolute atomic E-state index is 12.7. The van der Waals surface area contributed by atoms with Crippen LogP contribution < -0.4 is 0 Å². The number of amides is 2. The van der Waals surface area contributed by atoms with Crippen molar-refractivity contribution in [3.8, 4) is 0 Å². The van der Waals surface area contributed by atoms with E-state index >= 15 is 0 Å². The second kappa shape index (κ2) is 24.1. The molecule has 5 aliphatic rings. The predicted octanol–water partition coefficient (Wildman–Crippen LogP) is 2.02. The molecule has 19 heteroatoms. The molecule has 0 aromatic rings. The number of piperidine rings is 1. The van der Waals surface area contributed by atoms with Gasteiger partial charge in [0.25, 0.3) is 10.1 Å². The largest absolute Gasteiger partial charge is 0.466 e. The molecule has 0 radical (unpaired) electrons. The molecule has 0 aliphatic carbocycles. The Morgan fingerprint density at radius 3 is 1.60 bits per heavy atom. The molecule has 2 atom stereocenters. The van der Waals surface area contributed by atoms with Crippen LogP contribution in [0.2, 0.25) is 0 Å². The summed E-state index contributed by atoms with van der Waals surface area (Å²) in [6, 6.07) is 1.19. The highest BCUT2D eigenvalue weighted by molar-refractivity contribution is 7.85. The summed E-state index contributed by atoms with van der Waals surface area (Å²) in [5.41, 5.74) is -0.836. The fourth-order valence-electron chi connectivity index (χ4n) is 8.55. The lowest BCUT2D eigenvalue weighted by atomic mass is 9.75. The fourth-order valence-corrected chi connectivity index (χ4v) is 8.95. The van der Waals surface area contributed by atoms with E-state index in [1.165, 1.54) is 0 Å². The van der Waals surface area contributed by atoms with E-state index in [-0.39, 0.29) is 49.9 Å². The Kier molecular flexibility index (Phi) is 20.1. The van der Waals surface area contributed by atoms with Crippen LogP contribution >= 0.6 is 0 Å². The highest BCUT2D eigenvalue weighted by atomic mass is 32.2. The van der Waals surface area contributed by atoms with Crippen LogP contribution in [0.1, 0.15) is 73.6 Å². The highest BCUT2D eigenvalue weighted by Crippen LogP contribution is 2.37. The highest BCUT2D eigenvalue weighted by Gasteiger charge is 2.45. The number of likely N-dealkylation sites (tertiary alicyclic amines) is 1. The van der Waals surface area contributed by atoms with Crippen molar-refractivity contribution in [3.63, 3.8) is 0 Å². The summed E-state index contributed by atoms with van der Waals surface area (Å²) in [6.45, 7) is 27.9. The van der Waals surface area contributed by atoms with E-state index in [4.69, 9.17) is 23.1 Å². The van der Waals surface area contributed by atoms with Crippen molar-refractivity contribution in [2.45, 2.75) is 97.9 Å². The summed E-state index contributed by atoms with van der Waals surface area (Å²) in [4.78, 5) is 64.7. The summed E-state index contributed by atoms with van der Waals surface area (Å²) in [5, 5.41) is 0. The van der Waals surface area contributed by atoms with Gasteiger partial charge in [-0.3, -0.25) is 28.5 Å². The maximum Gasteiger partial charge on any atom is 0.410 e. The summed E-state index contributed by atoms with van der Waals surface area (Å²) < 4.78 is 47.9. The van der Waals surface area contributed by atoms with E-state index in [9.17, 15) is 27.6 Å². The number of esters is 2. The molecule has 60 heavy (non-hydrogen) atoms. The molecular formula is C41H75N7O11S. The fraction of sp³-hybridized carbons (Fsp3) is 0.902. The number of rotatable bonds is 20. The van der Waals surface area contributed by atoms with Crippen molar-refractivity contribution in [3.05, 3.63) is 0 Å². The molecule has 5 heterocycles. The van der Waals surface area contributed by atoms with Gasteiger partial charge in [-0.25, -0.2) is 9.59 Å². The van der Waals surface area contributed by atoms with Gasteiger partial charge in [-0.2, -0.15) is 8.42 Å². The molecule has 0 spiro atoms. The average molecular weight is 874 g/mol. The monoisotopic (exact) mass is 874 g/mol. The Labute approximate surface area is 359 Å². The lowest BCUT2D eigenvalue weighted by Gasteiger charge is -2.39. The molecule has 5 fully saturated rings. The summed E-state index contributed by atoms with van der Waals surface area (Å²) in [7, 11) is -3.51. The Morgan fingerprint density at radius 1 is 0.683 bits per heavy atom. The molecular weight excluding hydrogens is 799 g/mol. The molecule has 0 aromatic heterocycles. The summed E-state index contributed by atoms with van der Waals surface area (Å²) >= 11 is 0. The van der Waals surface area contributed by atoms with Crippen LogP contribution in [0, 0.1) is 5.41 Å². The summed E-state index contributed by atoms with van der Waals surface area (Å²) in [5.74, 6) is -0.678. The van der Waals surface area contributed by atoms with E-state index in [0.717, 1.165) is 84.5 Å². The van der Waals surface area contributed by atoms with Crippen molar-refractivity contribution >= 4 is 34.2 Å². The van der Waals surface area contributed by atoms with Crippen molar-refractivity contribution in [1.29, 1.82) is 0 Å². The van der Waals surface area contributed by atoms with Crippen LogP contribution in [0.5, 0.6) is 0 Å². The van der Waals surface area contributed by atoms with Crippen molar-refractivity contribution in [1.82, 2.24) is 34.3 Å². The van der Waals surface area contributed by atoms with E-state index in [1.54, 1.807) is 18.7 Å². The topological polar surface area (TPSA) is 171 Å². The predicted molar refractivity (Wildman–Crippen MR) is 226 cm³/mol. The third-order valence-corrected chi connectivity index (χ3v) is 12.8. The zero-order valence-corrected chi connectivity index (χ0v) is 38.3. The standard InChI is InChI=1S/C26H46N4O6.C15H29N3O5S/c1-5-34-23(31)18-26(24(32)35-6-2)8-12-28(13-9-26)19-22-20-30(25(33)36-22)11-7-10-27-14-16-29(17-15-27)21(3)4;1-13(2)17-9-7-16(8-10-17)5-4-6-18-11-14(23-15(18)19)12-22-24(3,20)21/h21-22H,5-20H2,1-4H3;13-14H,4-12H2,1-3H3. The third-order valence-electron chi connectivity index (χ3n) is 12.2. The molecule has 346 valence electrons. The van der Waals surface area contributed by atoms with Crippen LogP contribution in [0.4, 0.5) is 9.59 Å². The van der Waals surface area contributed by atoms with E-state index in [2.05, 4.69) is 52.2 Å². The molecule has 5 saturated heterocycles. The zero-order chi connectivity index (χ0) is 43.9. The molecule has 0 bridgehead atoms. The quantitative estimate of drug-likeness (QED) is 0.0988. The minimum absolute atomic E-state index is 0.0478. The van der Waals surface area contributed by atoms with Gasteiger partial charge in [0.1, 0.15) is 18.8 Å². The van der Waals surface area contributed by atoms with Gasteiger partial charge in [0.05, 0.1) is 44.4 Å². The number of hydrogen-bond acceptors (Lipinski definition) is 16. The van der Waals surface area contributed by atoms with Crippen molar-refractivity contribution in [2.24, 2.45) is 5.41 Å². The van der Waals surface area contributed by atoms with E-state index in [0.29, 0.717) is 77.3 Å². The normalized spacial score (nSPS) is 23.8. The van der Waals surface area contributed by atoms with Gasteiger partial charge in [-0.15, -0.1) is 0 Å². The minimum atomic E-state index is -3.51. The second-order valence-electron chi connectivity index (χ2n) is 17.3. The molecule has 0 N–H and O–H groups in total. The number of ether oxygens (including phenoxy) is 4. The lowest BCUT2D eigenvalue weighted by molar-refractivity contribution is -0.165. The second-order valence-corrected chi connectivity index (χ2v) is 19.0. The first kappa shape index (κ1) is 49.8. The molecule has 5 aliphatic heterocycles. The number of nitrogens with zero attached hydrogens (tertiary/aromatic N) is 7. The number of hydrogen-bond donors (Lipinski definition) is 0. The first-order chi connectivity index (χ1) is 28.5. The summed E-state index contributed by atoms with van der Waals surface area (Å²) in [6.07, 6.45) is 2.62. The number of carbonyl (C=O) groups excluding carboxylic acids is 4. The van der Waals surface area contributed by atoms with Crippen LogP contribution in [0.15, 0.2) is 0 Å². The minimum Gasteiger partial charge on any atom is -0.466 e. The SMILES string of the molecule is CC(C)N1CCN(CCCN2CC(COS(C)(=O)=O)OC2=O)CC1.CCOC(=O)CC1(C(=O)OCC)CCN(CC2CN(CCCN3CCN(C(C)C)CC3)C(=O)O2)CC1. The smallest absolute Gasteiger partial charge is 0.410 e. The number of cyclic esters (lactones) is 2. The van der Waals surface area contributed by atoms with Crippen LogP contribution in [0.3, 0.4) is 0 Å². The molecule has 2 amide bonds. The Balaban J connectivity index is 0.000000287. The van der Waals surface area contributed by atoms with Gasteiger partial charge in [0.15, 0.2) is 0 Å². The van der Waals surface area contributed by atoms with Crippen LogP contribution in [0.25, 0.3) is 0 Å². The van der Waals surface area contributed by atoms with E-state index < -0.39 is 21.6 Å². The third kappa shape index (κ3) is 16.1. The van der Waals surface area contributed by atoms with Gasteiger partial charge < -0.3 is 38.5 Å². The first-order valence-corrected chi connectivity index (χ1v) is 24.1. The molecule has 2 unspecified atom stereocenters. The zero-order valence-electron chi connectivity index (χ0n) is 37.5. The number of piperazine rings is 2. The maximum atomic E-state index is 12.7. The van der Waals surface area contributed by atoms with Crippen molar-refractivity contribution < 1.29 is 50.7 Å². The van der Waals surface area contributed by atoms with Crippen molar-refractivity contribution in [2.75, 3.05) is 137 Å². The Hall–Kier alpha value is -2.81. The van der Waals surface area contributed by atoms with Gasteiger partial charge in [-0.1, -0.05) is 0 Å². The van der Waals surface area contributed by atoms with Gasteiger partial charge in [0.2, 0.25) is 0 Å². The molecule has 5 rings (SSSR count). The van der Waals surface area contributed by atoms with E-state index in [1.807, 2.05) is 4.90 Å². The van der Waals surface area contributed by atoms with Crippen LogP contribution in [-0.2, 0) is 42.8 Å². The molecule has 0 aromatic carbocycles. The van der Waals surface area contributed by atoms with Crippen LogP contribution in [-0.4, -0.2) is 228 Å². The average Bonchev–Trinajstić information content (AvgIpc) is 3.74. The van der Waals surface area contributed by atoms with Gasteiger partial charge in [0, 0.05) is 84.1 Å². The Morgan fingerprint density at radius 2 is 1.15 bits per heavy atom. The number of carbonyl (C=O) groups is 4. The first-order valence-electron chi connectivity index (χ1n) is 22.2. The van der Waals surface area contributed by atoms with Gasteiger partial charge in [-0.05, 0) is 93.4 Å². The van der Waals surface area contributed by atoms with Gasteiger partial charge >= 0.3 is 24.1 Å². The lowest BCUT2D eigenvalue weighted by Crippen LogP contribution is -2.49. The Bertz CT molecular complexity index is 1460. The molecule has 0 saturated carbocycles. The molecule has 18 nitrogen and oxygen atoms in total.